The number of nitrogens with zero attached hydrogens (tertiary/aromatic N) is 3. The van der Waals surface area contributed by atoms with E-state index in [1.165, 1.54) is 8.61 Å². The highest BCUT2D eigenvalue weighted by Crippen LogP contribution is 2.23. The summed E-state index contributed by atoms with van der Waals surface area (Å²) in [6, 6.07) is -0.0797. The summed E-state index contributed by atoms with van der Waals surface area (Å²) in [7, 11) is -1.57. The van der Waals surface area contributed by atoms with Gasteiger partial charge in [0, 0.05) is 38.8 Å². The molecule has 0 bridgehead atoms. The third-order valence-electron chi connectivity index (χ3n) is 4.13. The van der Waals surface area contributed by atoms with Crippen molar-refractivity contribution in [3.05, 3.63) is 0 Å². The lowest BCUT2D eigenvalue weighted by Gasteiger charge is -2.41. The van der Waals surface area contributed by atoms with Gasteiger partial charge in [0.05, 0.1) is 5.92 Å². The first-order chi connectivity index (χ1) is 9.32. The fourth-order valence-electron chi connectivity index (χ4n) is 2.97. The second-order valence-corrected chi connectivity index (χ2v) is 7.65. The van der Waals surface area contributed by atoms with Crippen molar-refractivity contribution in [1.29, 1.82) is 0 Å². The Morgan fingerprint density at radius 1 is 1.20 bits per heavy atom. The first-order valence-corrected chi connectivity index (χ1v) is 8.40. The lowest BCUT2D eigenvalue weighted by molar-refractivity contribution is -0.142. The normalized spacial score (nSPS) is 31.3. The monoisotopic (exact) mass is 305 g/mol. The van der Waals surface area contributed by atoms with Gasteiger partial charge in [-0.25, -0.2) is 0 Å². The van der Waals surface area contributed by atoms with Crippen molar-refractivity contribution < 1.29 is 18.3 Å². The minimum absolute atomic E-state index is 0.0797. The van der Waals surface area contributed by atoms with Crippen LogP contribution in [0.2, 0.25) is 0 Å². The molecule has 2 aliphatic heterocycles. The highest BCUT2D eigenvalue weighted by Gasteiger charge is 2.39. The molecule has 2 aliphatic rings. The van der Waals surface area contributed by atoms with E-state index in [0.717, 1.165) is 0 Å². The van der Waals surface area contributed by atoms with Crippen LogP contribution in [0.4, 0.5) is 0 Å². The van der Waals surface area contributed by atoms with E-state index >= 15 is 0 Å². The second kappa shape index (κ2) is 5.97. The molecule has 2 atom stereocenters. The minimum atomic E-state index is -3.55. The topological polar surface area (TPSA) is 81.2 Å². The number of piperidine rings is 1. The molecule has 8 heteroatoms. The highest BCUT2D eigenvalue weighted by atomic mass is 32.2. The molecule has 2 saturated heterocycles. The Hall–Kier alpha value is -0.700. The number of likely N-dealkylation sites (N-methyl/N-ethyl adjacent to an activating group) is 1. The van der Waals surface area contributed by atoms with Gasteiger partial charge in [0.2, 0.25) is 0 Å². The molecule has 2 unspecified atom stereocenters. The van der Waals surface area contributed by atoms with Crippen LogP contribution in [-0.2, 0) is 15.0 Å². The van der Waals surface area contributed by atoms with Crippen molar-refractivity contribution in [3.63, 3.8) is 0 Å². The maximum absolute atomic E-state index is 12.7. The van der Waals surface area contributed by atoms with Crippen LogP contribution in [0.15, 0.2) is 0 Å². The van der Waals surface area contributed by atoms with Gasteiger partial charge in [0.1, 0.15) is 0 Å². The molecule has 0 saturated carbocycles. The molecule has 20 heavy (non-hydrogen) atoms. The van der Waals surface area contributed by atoms with Gasteiger partial charge < -0.3 is 10.0 Å². The molecule has 2 heterocycles. The molecule has 1 N–H and O–H groups in total. The van der Waals surface area contributed by atoms with Gasteiger partial charge in [-0.3, -0.25) is 4.79 Å². The van der Waals surface area contributed by atoms with Gasteiger partial charge in [-0.1, -0.05) is 0 Å². The van der Waals surface area contributed by atoms with Crippen LogP contribution >= 0.6 is 0 Å². The number of rotatable bonds is 3. The third kappa shape index (κ3) is 3.13. The largest absolute Gasteiger partial charge is 0.481 e. The van der Waals surface area contributed by atoms with Crippen LogP contribution in [0.1, 0.15) is 19.8 Å². The Bertz CT molecular complexity index is 467. The number of aliphatic carboxylic acids is 1. The number of piperazine rings is 1. The van der Waals surface area contributed by atoms with Crippen LogP contribution in [-0.4, -0.2) is 78.8 Å². The summed E-state index contributed by atoms with van der Waals surface area (Å²) >= 11 is 0. The molecule has 0 radical (unpaired) electrons. The van der Waals surface area contributed by atoms with Gasteiger partial charge in [-0.05, 0) is 26.8 Å². The maximum atomic E-state index is 12.7. The highest BCUT2D eigenvalue weighted by molar-refractivity contribution is 7.86. The Morgan fingerprint density at radius 2 is 1.90 bits per heavy atom. The average Bonchev–Trinajstić information content (AvgIpc) is 2.38. The summed E-state index contributed by atoms with van der Waals surface area (Å²) in [5.41, 5.74) is 0. The van der Waals surface area contributed by atoms with Crippen molar-refractivity contribution >= 4 is 16.2 Å². The lowest BCUT2D eigenvalue weighted by Crippen LogP contribution is -2.58. The molecule has 2 rings (SSSR count). The molecular formula is C12H23N3O4S. The Morgan fingerprint density at radius 3 is 2.50 bits per heavy atom. The predicted molar refractivity (Wildman–Crippen MR) is 74.5 cm³/mol. The first-order valence-electron chi connectivity index (χ1n) is 7.00. The van der Waals surface area contributed by atoms with E-state index in [2.05, 4.69) is 4.90 Å². The molecule has 0 aromatic rings. The molecule has 0 spiro atoms. The number of carbonyl (C=O) groups is 1. The van der Waals surface area contributed by atoms with Crippen LogP contribution in [0.3, 0.4) is 0 Å². The zero-order valence-corrected chi connectivity index (χ0v) is 12.8. The van der Waals surface area contributed by atoms with Crippen molar-refractivity contribution in [2.75, 3.05) is 39.8 Å². The minimum Gasteiger partial charge on any atom is -0.481 e. The van der Waals surface area contributed by atoms with Gasteiger partial charge in [0.15, 0.2) is 0 Å². The van der Waals surface area contributed by atoms with E-state index in [-0.39, 0.29) is 12.6 Å². The van der Waals surface area contributed by atoms with E-state index in [4.69, 9.17) is 5.11 Å². The van der Waals surface area contributed by atoms with Crippen LogP contribution in [0.5, 0.6) is 0 Å². The predicted octanol–water partition coefficient (Wildman–Crippen LogP) is -0.336. The van der Waals surface area contributed by atoms with Crippen LogP contribution in [0.25, 0.3) is 0 Å². The van der Waals surface area contributed by atoms with E-state index < -0.39 is 22.1 Å². The van der Waals surface area contributed by atoms with Gasteiger partial charge >= 0.3 is 5.97 Å². The van der Waals surface area contributed by atoms with Gasteiger partial charge in [-0.2, -0.15) is 17.0 Å². The molecular weight excluding hydrogens is 282 g/mol. The number of carboxylic acid groups (broad SMARTS) is 1. The SMILES string of the molecule is CC1CN(C)CCN1S(=O)(=O)N1CCCC(C(=O)O)C1. The Labute approximate surface area is 120 Å². The smallest absolute Gasteiger partial charge is 0.307 e. The number of hydrogen-bond donors (Lipinski definition) is 1. The van der Waals surface area contributed by atoms with E-state index in [9.17, 15) is 13.2 Å². The van der Waals surface area contributed by atoms with Crippen LogP contribution in [0, 0.1) is 5.92 Å². The fourth-order valence-corrected chi connectivity index (χ4v) is 4.83. The summed E-state index contributed by atoms with van der Waals surface area (Å²) in [6.07, 6.45) is 1.16. The maximum Gasteiger partial charge on any atom is 0.307 e. The average molecular weight is 305 g/mol. The molecule has 2 fully saturated rings. The quantitative estimate of drug-likeness (QED) is 0.772. The summed E-state index contributed by atoms with van der Waals surface area (Å²) in [5.74, 6) is -1.49. The molecule has 0 aliphatic carbocycles. The number of hydrogen-bond acceptors (Lipinski definition) is 4. The van der Waals surface area contributed by atoms with Crippen LogP contribution < -0.4 is 0 Å². The van der Waals surface area contributed by atoms with Crippen molar-refractivity contribution in [2.24, 2.45) is 5.92 Å². The third-order valence-corrected chi connectivity index (χ3v) is 6.25. The summed E-state index contributed by atoms with van der Waals surface area (Å²) in [4.78, 5) is 13.2. The summed E-state index contributed by atoms with van der Waals surface area (Å²) < 4.78 is 28.2. The Balaban J connectivity index is 2.11. The standard InChI is InChI=1S/C12H23N3O4S/c1-10-8-13(2)6-7-15(10)20(18,19)14-5-3-4-11(9-14)12(16)17/h10-11H,3-9H2,1-2H3,(H,16,17). The molecule has 0 aromatic heterocycles. The van der Waals surface area contributed by atoms with Gasteiger partial charge in [0.25, 0.3) is 10.2 Å². The van der Waals surface area contributed by atoms with Gasteiger partial charge in [-0.15, -0.1) is 0 Å². The second-order valence-electron chi connectivity index (χ2n) is 5.77. The van der Waals surface area contributed by atoms with Crippen molar-refractivity contribution in [2.45, 2.75) is 25.8 Å². The first kappa shape index (κ1) is 15.7. The van der Waals surface area contributed by atoms with E-state index in [1.807, 2.05) is 14.0 Å². The fraction of sp³-hybridized carbons (Fsp3) is 0.917. The molecule has 0 amide bonds. The van der Waals surface area contributed by atoms with Crippen molar-refractivity contribution in [3.8, 4) is 0 Å². The molecule has 0 aromatic carbocycles. The summed E-state index contributed by atoms with van der Waals surface area (Å²) in [6.45, 7) is 4.29. The van der Waals surface area contributed by atoms with Crippen molar-refractivity contribution in [1.82, 2.24) is 13.5 Å². The lowest BCUT2D eigenvalue weighted by atomic mass is 10.0. The number of carboxylic acids is 1. The zero-order valence-electron chi connectivity index (χ0n) is 12.0. The Kier molecular flexibility index (Phi) is 4.68. The molecule has 116 valence electrons. The molecule has 7 nitrogen and oxygen atoms in total. The zero-order chi connectivity index (χ0) is 14.9. The summed E-state index contributed by atoms with van der Waals surface area (Å²) in [5, 5.41) is 9.08. The van der Waals surface area contributed by atoms with E-state index in [0.29, 0.717) is 39.0 Å². The van der Waals surface area contributed by atoms with E-state index in [1.54, 1.807) is 0 Å².